The standard InChI is InChI=1S/C33H53O3P/c1-15-21-17-23(30(3,4)5)19-25(32(9,10)11)27(21)29(36-37(34)35)28-22(16-2)18-24(31(6,7)8)20-26(28)33(12,13)14/h17-20,29,34-35H,15-16H2,1-14H3. The summed E-state index contributed by atoms with van der Waals surface area (Å²) in [4.78, 5) is 20.7. The molecule has 2 N–H and O–H groups in total. The first-order valence-corrected chi connectivity index (χ1v) is 15.0. The van der Waals surface area contributed by atoms with Crippen molar-refractivity contribution in [1.82, 2.24) is 0 Å². The van der Waals surface area contributed by atoms with Crippen LogP contribution in [0.2, 0.25) is 0 Å². The van der Waals surface area contributed by atoms with Gasteiger partial charge in [0, 0.05) is 0 Å². The molecule has 0 heterocycles. The van der Waals surface area contributed by atoms with E-state index in [-0.39, 0.29) is 21.7 Å². The van der Waals surface area contributed by atoms with E-state index in [1.807, 2.05) is 0 Å². The Labute approximate surface area is 229 Å². The fourth-order valence-corrected chi connectivity index (χ4v) is 5.48. The minimum absolute atomic E-state index is 0.00111. The third-order valence-electron chi connectivity index (χ3n) is 7.37. The van der Waals surface area contributed by atoms with E-state index in [1.165, 1.54) is 33.4 Å². The molecule has 3 nitrogen and oxygen atoms in total. The van der Waals surface area contributed by atoms with Gasteiger partial charge in [0.05, 0.1) is 0 Å². The van der Waals surface area contributed by atoms with Crippen molar-refractivity contribution < 1.29 is 14.3 Å². The lowest BCUT2D eigenvalue weighted by Gasteiger charge is -2.37. The summed E-state index contributed by atoms with van der Waals surface area (Å²) in [5, 5.41) is 0. The molecule has 37 heavy (non-hydrogen) atoms. The van der Waals surface area contributed by atoms with Crippen molar-refractivity contribution in [3.8, 4) is 0 Å². The van der Waals surface area contributed by atoms with E-state index in [0.717, 1.165) is 24.0 Å². The van der Waals surface area contributed by atoms with Gasteiger partial charge in [-0.3, -0.25) is 4.52 Å². The Bertz CT molecular complexity index is 1000. The zero-order valence-corrected chi connectivity index (χ0v) is 26.9. The lowest BCUT2D eigenvalue weighted by atomic mass is 9.71. The molecular formula is C33H53O3P. The molecule has 0 aliphatic rings. The maximum Gasteiger partial charge on any atom is 0.327 e. The molecule has 0 unspecified atom stereocenters. The molecule has 2 aromatic carbocycles. The SMILES string of the molecule is CCc1cc(C(C)(C)C)cc(C(C)(C)C)c1C(OP(O)O)c1c(CC)cc(C(C)(C)C)cc1C(C)(C)C. The molecule has 0 radical (unpaired) electrons. The van der Waals surface area contributed by atoms with Crippen LogP contribution >= 0.6 is 8.60 Å². The lowest BCUT2D eigenvalue weighted by Crippen LogP contribution is -2.26. The van der Waals surface area contributed by atoms with Gasteiger partial charge in [-0.05, 0) is 79.0 Å². The van der Waals surface area contributed by atoms with Gasteiger partial charge in [0.25, 0.3) is 0 Å². The van der Waals surface area contributed by atoms with E-state index >= 15 is 0 Å². The van der Waals surface area contributed by atoms with E-state index in [1.54, 1.807) is 0 Å². The highest BCUT2D eigenvalue weighted by Crippen LogP contribution is 2.49. The first-order valence-electron chi connectivity index (χ1n) is 13.8. The summed E-state index contributed by atoms with van der Waals surface area (Å²) >= 11 is 0. The van der Waals surface area contributed by atoms with Gasteiger partial charge >= 0.3 is 8.60 Å². The molecule has 0 saturated heterocycles. The van der Waals surface area contributed by atoms with E-state index in [2.05, 4.69) is 121 Å². The van der Waals surface area contributed by atoms with Crippen molar-refractivity contribution in [3.05, 3.63) is 68.8 Å². The van der Waals surface area contributed by atoms with Crippen LogP contribution in [0.3, 0.4) is 0 Å². The second kappa shape index (κ2) is 11.1. The predicted octanol–water partition coefficient (Wildman–Crippen LogP) is 9.32. The van der Waals surface area contributed by atoms with Crippen molar-refractivity contribution in [3.63, 3.8) is 0 Å². The summed E-state index contributed by atoms with van der Waals surface area (Å²) in [7, 11) is -2.58. The topological polar surface area (TPSA) is 49.7 Å². The maximum atomic E-state index is 10.3. The van der Waals surface area contributed by atoms with Gasteiger partial charge in [-0.2, -0.15) is 0 Å². The van der Waals surface area contributed by atoms with E-state index in [0.29, 0.717) is 0 Å². The Balaban J connectivity index is 3.15. The zero-order valence-electron chi connectivity index (χ0n) is 26.1. The summed E-state index contributed by atoms with van der Waals surface area (Å²) in [6, 6.07) is 9.27. The molecule has 0 aliphatic carbocycles. The van der Waals surface area contributed by atoms with Crippen molar-refractivity contribution in [2.45, 2.75) is 138 Å². The molecule has 0 saturated carbocycles. The Morgan fingerprint density at radius 3 is 1.14 bits per heavy atom. The monoisotopic (exact) mass is 528 g/mol. The molecule has 0 amide bonds. The number of benzene rings is 2. The summed E-state index contributed by atoms with van der Waals surface area (Å²) in [6.07, 6.45) is 1.10. The minimum atomic E-state index is -2.58. The number of hydrogen-bond donors (Lipinski definition) is 2. The number of rotatable bonds is 6. The molecule has 0 atom stereocenters. The minimum Gasteiger partial charge on any atom is -0.328 e. The summed E-state index contributed by atoms with van der Waals surface area (Å²) < 4.78 is 6.21. The van der Waals surface area contributed by atoms with Gasteiger partial charge in [0.2, 0.25) is 0 Å². The third kappa shape index (κ3) is 7.45. The van der Waals surface area contributed by atoms with Crippen LogP contribution in [0.15, 0.2) is 24.3 Å². The second-order valence-electron chi connectivity index (χ2n) is 14.6. The maximum absolute atomic E-state index is 10.3. The fourth-order valence-electron chi connectivity index (χ4n) is 5.08. The van der Waals surface area contributed by atoms with Gasteiger partial charge in [0.15, 0.2) is 0 Å². The molecule has 0 fully saturated rings. The van der Waals surface area contributed by atoms with Crippen LogP contribution in [0.1, 0.15) is 148 Å². The van der Waals surface area contributed by atoms with Gasteiger partial charge in [-0.25, -0.2) is 0 Å². The Morgan fingerprint density at radius 2 is 0.919 bits per heavy atom. The Kier molecular flexibility index (Phi) is 9.58. The summed E-state index contributed by atoms with van der Waals surface area (Å²) in [5.41, 5.74) is 9.28. The normalized spacial score (nSPS) is 13.7. The smallest absolute Gasteiger partial charge is 0.327 e. The lowest BCUT2D eigenvalue weighted by molar-refractivity contribution is 0.198. The van der Waals surface area contributed by atoms with Gasteiger partial charge in [0.1, 0.15) is 6.10 Å². The van der Waals surface area contributed by atoms with Crippen LogP contribution in [-0.4, -0.2) is 9.79 Å². The van der Waals surface area contributed by atoms with Gasteiger partial charge in [-0.1, -0.05) is 121 Å². The number of hydrogen-bond acceptors (Lipinski definition) is 3. The average Bonchev–Trinajstić information content (AvgIpc) is 2.73. The first kappa shape index (κ1) is 32.0. The van der Waals surface area contributed by atoms with E-state index in [9.17, 15) is 9.79 Å². The molecule has 0 bridgehead atoms. The summed E-state index contributed by atoms with van der Waals surface area (Å²) in [6.45, 7) is 31.3. The van der Waals surface area contributed by atoms with E-state index < -0.39 is 14.7 Å². The molecule has 0 aliphatic heterocycles. The highest BCUT2D eigenvalue weighted by molar-refractivity contribution is 7.39. The molecule has 0 aromatic heterocycles. The first-order chi connectivity index (χ1) is 16.6. The van der Waals surface area contributed by atoms with Crippen LogP contribution < -0.4 is 0 Å². The third-order valence-corrected chi connectivity index (χ3v) is 7.76. The van der Waals surface area contributed by atoms with Crippen LogP contribution in [-0.2, 0) is 39.0 Å². The van der Waals surface area contributed by atoms with Crippen molar-refractivity contribution in [2.75, 3.05) is 0 Å². The van der Waals surface area contributed by atoms with Crippen molar-refractivity contribution >= 4 is 8.60 Å². The molecule has 4 heteroatoms. The van der Waals surface area contributed by atoms with Crippen LogP contribution in [0.5, 0.6) is 0 Å². The van der Waals surface area contributed by atoms with Gasteiger partial charge in [-0.15, -0.1) is 0 Å². The highest BCUT2D eigenvalue weighted by Gasteiger charge is 2.36. The van der Waals surface area contributed by atoms with Crippen LogP contribution in [0.25, 0.3) is 0 Å². The fraction of sp³-hybridized carbons (Fsp3) is 0.636. The molecule has 208 valence electrons. The van der Waals surface area contributed by atoms with Crippen LogP contribution in [0, 0.1) is 0 Å². The molecule has 2 aromatic rings. The van der Waals surface area contributed by atoms with Crippen molar-refractivity contribution in [1.29, 1.82) is 0 Å². The Morgan fingerprint density at radius 1 is 0.595 bits per heavy atom. The second-order valence-corrected chi connectivity index (χ2v) is 15.4. The van der Waals surface area contributed by atoms with Crippen molar-refractivity contribution in [2.24, 2.45) is 0 Å². The predicted molar refractivity (Wildman–Crippen MR) is 161 cm³/mol. The molecular weight excluding hydrogens is 475 g/mol. The van der Waals surface area contributed by atoms with Gasteiger partial charge < -0.3 is 9.79 Å². The highest BCUT2D eigenvalue weighted by atomic mass is 31.2. The Hall–Kier alpha value is -1.25. The quantitative estimate of drug-likeness (QED) is 0.367. The van der Waals surface area contributed by atoms with Crippen LogP contribution in [0.4, 0.5) is 0 Å². The average molecular weight is 529 g/mol. The zero-order chi connectivity index (χ0) is 28.7. The number of aryl methyl sites for hydroxylation is 2. The largest absolute Gasteiger partial charge is 0.328 e. The summed E-state index contributed by atoms with van der Waals surface area (Å²) in [5.74, 6) is 0. The van der Waals surface area contributed by atoms with E-state index in [4.69, 9.17) is 4.52 Å². The molecule has 0 spiro atoms. The molecule has 2 rings (SSSR count).